The average Bonchev–Trinajstić information content (AvgIpc) is 3.57. The molecule has 31 heavy (non-hydrogen) atoms. The number of pyridine rings is 1. The van der Waals surface area contributed by atoms with Gasteiger partial charge in [0.2, 0.25) is 17.6 Å². The van der Waals surface area contributed by atoms with Crippen LogP contribution in [0.1, 0.15) is 49.5 Å². The van der Waals surface area contributed by atoms with Crippen LogP contribution in [0.25, 0.3) is 11.4 Å². The van der Waals surface area contributed by atoms with Gasteiger partial charge in [-0.3, -0.25) is 4.79 Å². The predicted octanol–water partition coefficient (Wildman–Crippen LogP) is 3.85. The van der Waals surface area contributed by atoms with Gasteiger partial charge >= 0.3 is 0 Å². The van der Waals surface area contributed by atoms with Gasteiger partial charge in [0.15, 0.2) is 0 Å². The second-order valence-electron chi connectivity index (χ2n) is 8.32. The number of nitrogens with zero attached hydrogens (tertiary/aromatic N) is 5. The second kappa shape index (κ2) is 8.49. The highest BCUT2D eigenvalue weighted by Gasteiger charge is 2.30. The van der Waals surface area contributed by atoms with E-state index in [0.29, 0.717) is 24.8 Å². The number of hydrogen-bond donors (Lipinski definition) is 0. The third kappa shape index (κ3) is 4.17. The van der Waals surface area contributed by atoms with Gasteiger partial charge in [0.1, 0.15) is 5.82 Å². The minimum absolute atomic E-state index is 0.0688. The summed E-state index contributed by atoms with van der Waals surface area (Å²) in [4.78, 5) is 26.4. The number of piperazine rings is 1. The van der Waals surface area contributed by atoms with Gasteiger partial charge in [-0.25, -0.2) is 4.98 Å². The minimum Gasteiger partial charge on any atom is -0.353 e. The van der Waals surface area contributed by atoms with Crippen molar-refractivity contribution in [2.75, 3.05) is 31.1 Å². The van der Waals surface area contributed by atoms with E-state index in [4.69, 9.17) is 4.52 Å². The normalized spacial score (nSPS) is 17.6. The standard InChI is InChI=1S/C24H27N5O2/c1-2-20(17-6-4-3-5-7-17)24(30)29-14-12-28(13-15-29)21-11-10-19(16-25-21)22-26-23(31-27-22)18-8-9-18/h3-7,10-11,16,18,20H,2,8-9,12-15H2,1H3. The van der Waals surface area contributed by atoms with E-state index in [0.717, 1.165) is 55.2 Å². The van der Waals surface area contributed by atoms with Crippen LogP contribution in [-0.2, 0) is 4.79 Å². The first-order valence-electron chi connectivity index (χ1n) is 11.1. The van der Waals surface area contributed by atoms with Crippen molar-refractivity contribution in [3.8, 4) is 11.4 Å². The maximum absolute atomic E-state index is 13.1. The fourth-order valence-corrected chi connectivity index (χ4v) is 4.17. The lowest BCUT2D eigenvalue weighted by atomic mass is 9.95. The maximum Gasteiger partial charge on any atom is 0.230 e. The van der Waals surface area contributed by atoms with Crippen molar-refractivity contribution in [2.45, 2.75) is 38.0 Å². The molecule has 160 valence electrons. The number of benzene rings is 1. The molecule has 0 bridgehead atoms. The molecule has 1 atom stereocenters. The largest absolute Gasteiger partial charge is 0.353 e. The smallest absolute Gasteiger partial charge is 0.230 e. The van der Waals surface area contributed by atoms with E-state index in [1.807, 2.05) is 47.4 Å². The van der Waals surface area contributed by atoms with Crippen LogP contribution in [0, 0.1) is 0 Å². The summed E-state index contributed by atoms with van der Waals surface area (Å²) in [6.45, 7) is 5.05. The van der Waals surface area contributed by atoms with Gasteiger partial charge in [0, 0.05) is 43.9 Å². The Labute approximate surface area is 182 Å². The van der Waals surface area contributed by atoms with Gasteiger partial charge in [-0.15, -0.1) is 0 Å². The second-order valence-corrected chi connectivity index (χ2v) is 8.32. The molecule has 1 aliphatic heterocycles. The number of anilines is 1. The molecule has 0 spiro atoms. The Morgan fingerprint density at radius 3 is 2.52 bits per heavy atom. The molecule has 1 saturated carbocycles. The van der Waals surface area contributed by atoms with Gasteiger partial charge in [-0.05, 0) is 37.0 Å². The Morgan fingerprint density at radius 1 is 1.10 bits per heavy atom. The van der Waals surface area contributed by atoms with Crippen LogP contribution in [0.5, 0.6) is 0 Å². The van der Waals surface area contributed by atoms with Crippen molar-refractivity contribution in [2.24, 2.45) is 0 Å². The van der Waals surface area contributed by atoms with Crippen LogP contribution in [0.15, 0.2) is 53.2 Å². The summed E-state index contributed by atoms with van der Waals surface area (Å²) in [7, 11) is 0. The summed E-state index contributed by atoms with van der Waals surface area (Å²) in [6.07, 6.45) is 4.89. The summed E-state index contributed by atoms with van der Waals surface area (Å²) in [5.41, 5.74) is 1.96. The molecule has 1 saturated heterocycles. The zero-order valence-electron chi connectivity index (χ0n) is 17.8. The monoisotopic (exact) mass is 417 g/mol. The van der Waals surface area contributed by atoms with E-state index < -0.39 is 0 Å². The fourth-order valence-electron chi connectivity index (χ4n) is 4.17. The average molecular weight is 418 g/mol. The van der Waals surface area contributed by atoms with Crippen molar-refractivity contribution >= 4 is 11.7 Å². The van der Waals surface area contributed by atoms with E-state index in [1.54, 1.807) is 6.20 Å². The van der Waals surface area contributed by atoms with Gasteiger partial charge in [0.25, 0.3) is 0 Å². The van der Waals surface area contributed by atoms with Crippen LogP contribution in [0.3, 0.4) is 0 Å². The zero-order valence-corrected chi connectivity index (χ0v) is 17.8. The topological polar surface area (TPSA) is 75.4 Å². The van der Waals surface area contributed by atoms with Gasteiger partial charge in [-0.2, -0.15) is 4.98 Å². The van der Waals surface area contributed by atoms with Crippen molar-refractivity contribution in [3.05, 3.63) is 60.1 Å². The van der Waals surface area contributed by atoms with E-state index >= 15 is 0 Å². The Morgan fingerprint density at radius 2 is 1.87 bits per heavy atom. The molecule has 1 aromatic carbocycles. The van der Waals surface area contributed by atoms with E-state index in [2.05, 4.69) is 26.9 Å². The van der Waals surface area contributed by atoms with Gasteiger partial charge < -0.3 is 14.3 Å². The number of carbonyl (C=O) groups is 1. The number of aromatic nitrogens is 3. The molecule has 7 heteroatoms. The number of rotatable bonds is 6. The Bertz CT molecular complexity index is 1020. The molecular weight excluding hydrogens is 390 g/mol. The lowest BCUT2D eigenvalue weighted by Gasteiger charge is -2.37. The molecule has 1 unspecified atom stereocenters. The molecule has 1 aliphatic carbocycles. The molecule has 7 nitrogen and oxygen atoms in total. The minimum atomic E-state index is -0.0688. The Hall–Kier alpha value is -3.22. The van der Waals surface area contributed by atoms with Crippen LogP contribution in [0.4, 0.5) is 5.82 Å². The first kappa shape index (κ1) is 19.7. The lowest BCUT2D eigenvalue weighted by Crippen LogP contribution is -2.50. The van der Waals surface area contributed by atoms with Crippen LogP contribution < -0.4 is 4.90 Å². The first-order valence-corrected chi connectivity index (χ1v) is 11.1. The van der Waals surface area contributed by atoms with E-state index in [-0.39, 0.29) is 11.8 Å². The fraction of sp³-hybridized carbons (Fsp3) is 0.417. The van der Waals surface area contributed by atoms with Crippen molar-refractivity contribution in [1.82, 2.24) is 20.0 Å². The quantitative estimate of drug-likeness (QED) is 0.606. The van der Waals surface area contributed by atoms with Crippen molar-refractivity contribution < 1.29 is 9.32 Å². The molecule has 0 N–H and O–H groups in total. The highest BCUT2D eigenvalue weighted by Crippen LogP contribution is 2.39. The lowest BCUT2D eigenvalue weighted by molar-refractivity contribution is -0.133. The number of carbonyl (C=O) groups excluding carboxylic acids is 1. The zero-order chi connectivity index (χ0) is 21.2. The summed E-state index contributed by atoms with van der Waals surface area (Å²) < 4.78 is 5.35. The number of hydrogen-bond acceptors (Lipinski definition) is 6. The molecular formula is C24H27N5O2. The van der Waals surface area contributed by atoms with Crippen LogP contribution >= 0.6 is 0 Å². The molecule has 1 amide bonds. The highest BCUT2D eigenvalue weighted by atomic mass is 16.5. The Kier molecular flexibility index (Phi) is 5.40. The molecule has 3 heterocycles. The third-order valence-electron chi connectivity index (χ3n) is 6.20. The summed E-state index contributed by atoms with van der Waals surface area (Å²) in [5.74, 6) is 2.85. The third-order valence-corrected chi connectivity index (χ3v) is 6.20. The molecule has 2 aromatic heterocycles. The maximum atomic E-state index is 13.1. The predicted molar refractivity (Wildman–Crippen MR) is 118 cm³/mol. The van der Waals surface area contributed by atoms with E-state index in [9.17, 15) is 4.79 Å². The molecule has 2 aliphatic rings. The van der Waals surface area contributed by atoms with Gasteiger partial charge in [-0.1, -0.05) is 42.4 Å². The summed E-state index contributed by atoms with van der Waals surface area (Å²) in [6, 6.07) is 14.1. The molecule has 2 fully saturated rings. The first-order chi connectivity index (χ1) is 15.2. The molecule has 0 radical (unpaired) electrons. The SMILES string of the molecule is CCC(C(=O)N1CCN(c2ccc(-c3noc(C4CC4)n3)cn2)CC1)c1ccccc1. The molecule has 5 rings (SSSR count). The van der Waals surface area contributed by atoms with Crippen molar-refractivity contribution in [3.63, 3.8) is 0 Å². The molecule has 3 aromatic rings. The van der Waals surface area contributed by atoms with Crippen LogP contribution in [-0.4, -0.2) is 52.1 Å². The summed E-state index contributed by atoms with van der Waals surface area (Å²) >= 11 is 0. The van der Waals surface area contributed by atoms with Gasteiger partial charge in [0.05, 0.1) is 5.92 Å². The van der Waals surface area contributed by atoms with Crippen molar-refractivity contribution in [1.29, 1.82) is 0 Å². The highest BCUT2D eigenvalue weighted by molar-refractivity contribution is 5.84. The van der Waals surface area contributed by atoms with E-state index in [1.165, 1.54) is 0 Å². The number of amides is 1. The van der Waals surface area contributed by atoms with Crippen LogP contribution in [0.2, 0.25) is 0 Å². The summed E-state index contributed by atoms with van der Waals surface area (Å²) in [5, 5.41) is 4.08. The Balaban J connectivity index is 1.20.